The van der Waals surface area contributed by atoms with Crippen LogP contribution in [0.15, 0.2) is 52.4 Å². The monoisotopic (exact) mass is 524 g/mol. The summed E-state index contributed by atoms with van der Waals surface area (Å²) in [6.07, 6.45) is 2.50. The van der Waals surface area contributed by atoms with E-state index in [0.717, 1.165) is 22.1 Å². The molecule has 10 nitrogen and oxygen atoms in total. The van der Waals surface area contributed by atoms with E-state index >= 15 is 0 Å². The molecule has 4 rings (SSSR count). The second-order valence-corrected chi connectivity index (χ2v) is 10.7. The summed E-state index contributed by atoms with van der Waals surface area (Å²) in [5, 5.41) is 2.20. The van der Waals surface area contributed by atoms with Crippen molar-refractivity contribution >= 4 is 46.3 Å². The topological polar surface area (TPSA) is 169 Å². The van der Waals surface area contributed by atoms with Gasteiger partial charge in [0.05, 0.1) is 11.9 Å². The third-order valence-electron chi connectivity index (χ3n) is 6.89. The van der Waals surface area contributed by atoms with Gasteiger partial charge in [0, 0.05) is 31.3 Å². The predicted molar refractivity (Wildman–Crippen MR) is 150 cm³/mol. The highest BCUT2D eigenvalue weighted by atomic mass is 32.2. The first-order valence-electron chi connectivity index (χ1n) is 12.6. The maximum absolute atomic E-state index is 13.8. The van der Waals surface area contributed by atoms with Crippen LogP contribution in [0.5, 0.6) is 0 Å². The summed E-state index contributed by atoms with van der Waals surface area (Å²) in [4.78, 5) is 39.3. The number of thioether (sulfide) groups is 1. The van der Waals surface area contributed by atoms with E-state index in [1.54, 1.807) is 11.8 Å². The molecule has 2 aliphatic heterocycles. The number of rotatable bonds is 10. The summed E-state index contributed by atoms with van der Waals surface area (Å²) < 4.78 is 0. The highest BCUT2D eigenvalue weighted by Gasteiger charge is 2.47. The summed E-state index contributed by atoms with van der Waals surface area (Å²) in [6.45, 7) is 1.91. The molecule has 0 spiro atoms. The van der Waals surface area contributed by atoms with Gasteiger partial charge >= 0.3 is 0 Å². The molecular weight excluding hydrogens is 488 g/mol. The molecule has 8 N–H and O–H groups in total. The molecule has 2 unspecified atom stereocenters. The first-order valence-corrected chi connectivity index (χ1v) is 13.7. The lowest BCUT2D eigenvalue weighted by Gasteiger charge is -2.49. The van der Waals surface area contributed by atoms with E-state index in [1.807, 2.05) is 28.0 Å². The largest absolute Gasteiger partial charge is 0.370 e. The number of piperazine rings is 1. The Bertz CT molecular complexity index is 1170. The zero-order chi connectivity index (χ0) is 26.4. The summed E-state index contributed by atoms with van der Waals surface area (Å²) in [7, 11) is 0. The lowest BCUT2D eigenvalue weighted by molar-refractivity contribution is -0.156. The molecule has 37 heavy (non-hydrogen) atoms. The Balaban J connectivity index is 1.52. The fourth-order valence-corrected chi connectivity index (χ4v) is 6.58. The number of hydrogen-bond donors (Lipinski definition) is 4. The molecule has 0 aromatic heterocycles. The SMILES string of the molecule is NC(N)=NCCCC1CSC2CN(Cc3cccc4ccccc34)C(=O)[C@H](CCCN=C(N)N)N2C1=O. The Morgan fingerprint density at radius 2 is 1.57 bits per heavy atom. The zero-order valence-electron chi connectivity index (χ0n) is 21.0. The van der Waals surface area contributed by atoms with E-state index in [9.17, 15) is 9.59 Å². The third-order valence-corrected chi connectivity index (χ3v) is 8.24. The van der Waals surface area contributed by atoms with E-state index in [0.29, 0.717) is 51.9 Å². The molecule has 2 aliphatic rings. The fourth-order valence-electron chi connectivity index (χ4n) is 5.12. The van der Waals surface area contributed by atoms with Crippen LogP contribution in [0.2, 0.25) is 0 Å². The Kier molecular flexibility index (Phi) is 8.75. The van der Waals surface area contributed by atoms with Crippen LogP contribution in [0.1, 0.15) is 31.2 Å². The van der Waals surface area contributed by atoms with Crippen molar-refractivity contribution in [2.24, 2.45) is 38.8 Å². The van der Waals surface area contributed by atoms with Gasteiger partial charge in [0.25, 0.3) is 0 Å². The van der Waals surface area contributed by atoms with Crippen LogP contribution in [0.3, 0.4) is 0 Å². The minimum Gasteiger partial charge on any atom is -0.370 e. The van der Waals surface area contributed by atoms with Gasteiger partial charge in [-0.15, -0.1) is 11.8 Å². The average Bonchev–Trinajstić information content (AvgIpc) is 2.87. The van der Waals surface area contributed by atoms with Crippen molar-refractivity contribution in [1.29, 1.82) is 0 Å². The van der Waals surface area contributed by atoms with Crippen LogP contribution in [0, 0.1) is 5.92 Å². The maximum Gasteiger partial charge on any atom is 0.245 e. The minimum atomic E-state index is -0.538. The van der Waals surface area contributed by atoms with E-state index in [-0.39, 0.29) is 35.0 Å². The van der Waals surface area contributed by atoms with Crippen LogP contribution < -0.4 is 22.9 Å². The average molecular weight is 525 g/mol. The molecule has 2 amide bonds. The van der Waals surface area contributed by atoms with Crippen molar-refractivity contribution in [2.45, 2.75) is 43.6 Å². The highest BCUT2D eigenvalue weighted by molar-refractivity contribution is 8.00. The number of benzene rings is 2. The van der Waals surface area contributed by atoms with Gasteiger partial charge in [-0.3, -0.25) is 19.6 Å². The zero-order valence-corrected chi connectivity index (χ0v) is 21.8. The van der Waals surface area contributed by atoms with Crippen molar-refractivity contribution in [2.75, 3.05) is 25.4 Å². The summed E-state index contributed by atoms with van der Waals surface area (Å²) >= 11 is 1.75. The molecule has 0 aliphatic carbocycles. The second kappa shape index (κ2) is 12.2. The maximum atomic E-state index is 13.8. The lowest BCUT2D eigenvalue weighted by atomic mass is 9.97. The molecule has 198 valence electrons. The molecule has 2 fully saturated rings. The Morgan fingerprint density at radius 3 is 2.30 bits per heavy atom. The van der Waals surface area contributed by atoms with Gasteiger partial charge in [0.15, 0.2) is 11.9 Å². The Morgan fingerprint density at radius 1 is 0.892 bits per heavy atom. The number of guanidine groups is 2. The molecule has 2 aromatic carbocycles. The molecule has 11 heteroatoms. The molecule has 2 aromatic rings. The Hall–Kier alpha value is -3.47. The van der Waals surface area contributed by atoms with Gasteiger partial charge in [0.2, 0.25) is 11.8 Å². The summed E-state index contributed by atoms with van der Waals surface area (Å²) in [6, 6.07) is 13.8. The van der Waals surface area contributed by atoms with Gasteiger partial charge in [-0.1, -0.05) is 42.5 Å². The number of carbonyl (C=O) groups is 2. The number of nitrogens with zero attached hydrogens (tertiary/aromatic N) is 4. The number of carbonyl (C=O) groups excluding carboxylic acids is 2. The quantitative estimate of drug-likeness (QED) is 0.205. The smallest absolute Gasteiger partial charge is 0.245 e. The van der Waals surface area contributed by atoms with Crippen molar-refractivity contribution in [3.63, 3.8) is 0 Å². The number of amides is 2. The minimum absolute atomic E-state index is 0.0240. The standard InChI is InChI=1S/C26H36N8O2S/c27-25(28)31-12-4-9-19-16-37-22-15-33(14-18-8-3-7-17-6-1-2-10-20(17)18)24(36)21(34(22)23(19)35)11-5-13-32-26(29)30/h1-3,6-8,10,19,21-22H,4-5,9,11-16H2,(H4,27,28,31)(H4,29,30,32)/t19?,21-,22?/m0/s1. The van der Waals surface area contributed by atoms with Crippen LogP contribution >= 0.6 is 11.8 Å². The number of nitrogens with two attached hydrogens (primary N) is 4. The van der Waals surface area contributed by atoms with Gasteiger partial charge in [-0.25, -0.2) is 0 Å². The first kappa shape index (κ1) is 26.6. The highest BCUT2D eigenvalue weighted by Crippen LogP contribution is 2.37. The second-order valence-electron chi connectivity index (χ2n) is 9.50. The van der Waals surface area contributed by atoms with Crippen LogP contribution in [0.4, 0.5) is 0 Å². The number of hydrogen-bond acceptors (Lipinski definition) is 5. The lowest BCUT2D eigenvalue weighted by Crippen LogP contribution is -2.65. The van der Waals surface area contributed by atoms with Gasteiger partial charge in [0.1, 0.15) is 6.04 Å². The molecule has 2 heterocycles. The fraction of sp³-hybridized carbons (Fsp3) is 0.462. The van der Waals surface area contributed by atoms with Crippen LogP contribution in [-0.4, -0.2) is 70.3 Å². The van der Waals surface area contributed by atoms with E-state index in [4.69, 9.17) is 22.9 Å². The van der Waals surface area contributed by atoms with Gasteiger partial charge in [-0.2, -0.15) is 0 Å². The molecular formula is C26H36N8O2S. The summed E-state index contributed by atoms with van der Waals surface area (Å²) in [5.41, 5.74) is 22.9. The first-order chi connectivity index (χ1) is 17.8. The van der Waals surface area contributed by atoms with Crippen molar-refractivity contribution < 1.29 is 9.59 Å². The van der Waals surface area contributed by atoms with Crippen LogP contribution in [-0.2, 0) is 16.1 Å². The molecule has 0 radical (unpaired) electrons. The normalized spacial score (nSPS) is 21.6. The Labute approximate surface area is 221 Å². The van der Waals surface area contributed by atoms with E-state index in [2.05, 4.69) is 34.3 Å². The molecule has 3 atom stereocenters. The molecule has 2 saturated heterocycles. The number of fused-ring (bicyclic) bond motifs is 2. The van der Waals surface area contributed by atoms with Crippen molar-refractivity contribution in [1.82, 2.24) is 9.80 Å². The third kappa shape index (κ3) is 6.46. The predicted octanol–water partition coefficient (Wildman–Crippen LogP) is 1.18. The van der Waals surface area contributed by atoms with Crippen molar-refractivity contribution in [3.05, 3.63) is 48.0 Å². The molecule has 0 bridgehead atoms. The van der Waals surface area contributed by atoms with Crippen LogP contribution in [0.25, 0.3) is 10.8 Å². The summed E-state index contributed by atoms with van der Waals surface area (Å²) in [5.74, 6) is 0.656. The molecule has 0 saturated carbocycles. The van der Waals surface area contributed by atoms with E-state index < -0.39 is 6.04 Å². The van der Waals surface area contributed by atoms with Gasteiger partial charge < -0.3 is 32.7 Å². The number of aliphatic imine (C=N–C) groups is 2. The van der Waals surface area contributed by atoms with E-state index in [1.165, 1.54) is 0 Å². The van der Waals surface area contributed by atoms with Gasteiger partial charge in [-0.05, 0) is 42.0 Å². The van der Waals surface area contributed by atoms with Crippen molar-refractivity contribution in [3.8, 4) is 0 Å².